The molecule has 0 amide bonds. The first-order valence-corrected chi connectivity index (χ1v) is 3.84. The molecule has 0 fully saturated rings. The van der Waals surface area contributed by atoms with Gasteiger partial charge in [0.15, 0.2) is 0 Å². The van der Waals surface area contributed by atoms with Gasteiger partial charge in [-0.3, -0.25) is 4.99 Å². The Morgan fingerprint density at radius 1 is 1.50 bits per heavy atom. The van der Waals surface area contributed by atoms with Crippen LogP contribution in [0.3, 0.4) is 0 Å². The average molecular weight is 162 g/mol. The van der Waals surface area contributed by atoms with E-state index in [1.54, 1.807) is 12.1 Å². The van der Waals surface area contributed by atoms with Gasteiger partial charge in [0.2, 0.25) is 0 Å². The van der Waals surface area contributed by atoms with Crippen molar-refractivity contribution in [2.24, 2.45) is 4.99 Å². The van der Waals surface area contributed by atoms with Gasteiger partial charge in [-0.15, -0.1) is 0 Å². The lowest BCUT2D eigenvalue weighted by atomic mass is 10.2. The van der Waals surface area contributed by atoms with Gasteiger partial charge in [0.25, 0.3) is 0 Å². The zero-order valence-corrected chi connectivity index (χ0v) is 6.86. The van der Waals surface area contributed by atoms with E-state index in [0.29, 0.717) is 0 Å². The van der Waals surface area contributed by atoms with Crippen LogP contribution in [-0.4, -0.2) is 24.9 Å². The van der Waals surface area contributed by atoms with E-state index in [-0.39, 0.29) is 5.75 Å². The van der Waals surface area contributed by atoms with Crippen LogP contribution in [0.1, 0.15) is 0 Å². The molecule has 1 N–H and O–H groups in total. The number of aliphatic imine (C=N–C) groups is 1. The van der Waals surface area contributed by atoms with Crippen LogP contribution in [0.5, 0.6) is 5.75 Å². The van der Waals surface area contributed by atoms with Gasteiger partial charge in [-0.2, -0.15) is 0 Å². The summed E-state index contributed by atoms with van der Waals surface area (Å²) in [7, 11) is 2.00. The number of hydrogen-bond donors (Lipinski definition) is 1. The summed E-state index contributed by atoms with van der Waals surface area (Å²) in [4.78, 5) is 6.26. The monoisotopic (exact) mass is 162 g/mol. The highest BCUT2D eigenvalue weighted by Crippen LogP contribution is 2.32. The highest BCUT2D eigenvalue weighted by Gasteiger charge is 2.09. The first kappa shape index (κ1) is 7.16. The smallest absolute Gasteiger partial charge is 0.117 e. The Kier molecular flexibility index (Phi) is 1.50. The summed E-state index contributed by atoms with van der Waals surface area (Å²) >= 11 is 0. The summed E-state index contributed by atoms with van der Waals surface area (Å²) in [6.07, 6.45) is 1.84. The van der Waals surface area contributed by atoms with Crippen LogP contribution in [0.4, 0.5) is 11.4 Å². The van der Waals surface area contributed by atoms with E-state index >= 15 is 0 Å². The molecule has 1 aromatic rings. The molecule has 0 spiro atoms. The molecule has 0 atom stereocenters. The number of anilines is 1. The zero-order valence-electron chi connectivity index (χ0n) is 6.86. The van der Waals surface area contributed by atoms with E-state index < -0.39 is 0 Å². The largest absolute Gasteiger partial charge is 0.508 e. The number of benzene rings is 1. The van der Waals surface area contributed by atoms with Gasteiger partial charge < -0.3 is 10.0 Å². The summed E-state index contributed by atoms with van der Waals surface area (Å²) in [6.45, 7) is 0.831. The van der Waals surface area contributed by atoms with Crippen LogP contribution in [-0.2, 0) is 0 Å². The van der Waals surface area contributed by atoms with Crippen LogP contribution >= 0.6 is 0 Å². The molecular weight excluding hydrogens is 152 g/mol. The van der Waals surface area contributed by atoms with Crippen LogP contribution in [0.15, 0.2) is 23.2 Å². The Labute approximate surface area is 71.0 Å². The highest BCUT2D eigenvalue weighted by atomic mass is 16.3. The fraction of sp³-hybridized carbons (Fsp3) is 0.222. The Morgan fingerprint density at radius 3 is 3.17 bits per heavy atom. The minimum atomic E-state index is 0.265. The number of phenols is 1. The van der Waals surface area contributed by atoms with E-state index in [2.05, 4.69) is 9.89 Å². The van der Waals surface area contributed by atoms with Gasteiger partial charge in [-0.05, 0) is 12.1 Å². The predicted molar refractivity (Wildman–Crippen MR) is 49.5 cm³/mol. The summed E-state index contributed by atoms with van der Waals surface area (Å²) < 4.78 is 0. The third-order valence-corrected chi connectivity index (χ3v) is 1.96. The van der Waals surface area contributed by atoms with Gasteiger partial charge in [0.1, 0.15) is 5.75 Å². The van der Waals surface area contributed by atoms with Crippen molar-refractivity contribution < 1.29 is 5.11 Å². The lowest BCUT2D eigenvalue weighted by molar-refractivity contribution is 0.475. The van der Waals surface area contributed by atoms with Crippen molar-refractivity contribution in [3.05, 3.63) is 18.2 Å². The second-order valence-corrected chi connectivity index (χ2v) is 2.87. The number of rotatable bonds is 0. The summed E-state index contributed by atoms with van der Waals surface area (Å²) in [5.74, 6) is 0.265. The zero-order chi connectivity index (χ0) is 8.55. The maximum absolute atomic E-state index is 9.18. The number of fused-ring (bicyclic) bond motifs is 1. The Hall–Kier alpha value is -1.51. The molecule has 1 aliphatic heterocycles. The third kappa shape index (κ3) is 1.03. The summed E-state index contributed by atoms with van der Waals surface area (Å²) in [5.41, 5.74) is 1.90. The molecule has 0 aliphatic carbocycles. The molecular formula is C9H10N2O. The molecule has 3 nitrogen and oxygen atoms in total. The second-order valence-electron chi connectivity index (χ2n) is 2.87. The molecule has 0 saturated carbocycles. The lowest BCUT2D eigenvalue weighted by Gasteiger charge is -2.22. The van der Waals surface area contributed by atoms with Crippen LogP contribution in [0.2, 0.25) is 0 Å². The summed E-state index contributed by atoms with van der Waals surface area (Å²) in [6, 6.07) is 5.22. The van der Waals surface area contributed by atoms with E-state index in [1.165, 1.54) is 0 Å². The normalized spacial score (nSPS) is 14.6. The van der Waals surface area contributed by atoms with E-state index in [0.717, 1.165) is 17.9 Å². The van der Waals surface area contributed by atoms with Crippen molar-refractivity contribution in [2.45, 2.75) is 0 Å². The molecule has 1 aliphatic rings. The number of phenolic OH excluding ortho intramolecular Hbond substituents is 1. The SMILES string of the molecule is CN1CC=Nc2cc(O)ccc21. The van der Waals surface area contributed by atoms with Gasteiger partial charge in [0, 0.05) is 19.3 Å². The molecule has 2 rings (SSSR count). The molecule has 1 heterocycles. The average Bonchev–Trinajstić information content (AvgIpc) is 2.04. The van der Waals surface area contributed by atoms with Gasteiger partial charge >= 0.3 is 0 Å². The highest BCUT2D eigenvalue weighted by molar-refractivity contribution is 5.81. The van der Waals surface area contributed by atoms with Gasteiger partial charge in [-0.25, -0.2) is 0 Å². The molecule has 0 aromatic heterocycles. The molecule has 0 saturated heterocycles. The van der Waals surface area contributed by atoms with Crippen molar-refractivity contribution in [3.8, 4) is 5.75 Å². The predicted octanol–water partition coefficient (Wildman–Crippen LogP) is 1.54. The standard InChI is InChI=1S/C9H10N2O/c1-11-5-4-10-8-6-7(12)2-3-9(8)11/h2-4,6,12H,5H2,1H3. The van der Waals surface area contributed by atoms with Crippen LogP contribution < -0.4 is 4.90 Å². The summed E-state index contributed by atoms with van der Waals surface area (Å²) in [5, 5.41) is 9.18. The van der Waals surface area contributed by atoms with E-state index in [1.807, 2.05) is 19.3 Å². The minimum absolute atomic E-state index is 0.265. The number of aromatic hydroxyl groups is 1. The molecule has 62 valence electrons. The van der Waals surface area contributed by atoms with Gasteiger partial charge in [-0.1, -0.05) is 0 Å². The molecule has 3 heteroatoms. The molecule has 0 bridgehead atoms. The van der Waals surface area contributed by atoms with Crippen molar-refractivity contribution in [1.82, 2.24) is 0 Å². The van der Waals surface area contributed by atoms with Gasteiger partial charge in [0.05, 0.1) is 17.9 Å². The van der Waals surface area contributed by atoms with Crippen molar-refractivity contribution in [2.75, 3.05) is 18.5 Å². The minimum Gasteiger partial charge on any atom is -0.508 e. The van der Waals surface area contributed by atoms with Crippen LogP contribution in [0.25, 0.3) is 0 Å². The topological polar surface area (TPSA) is 35.8 Å². The van der Waals surface area contributed by atoms with Crippen molar-refractivity contribution in [3.63, 3.8) is 0 Å². The number of hydrogen-bond acceptors (Lipinski definition) is 3. The van der Waals surface area contributed by atoms with E-state index in [9.17, 15) is 5.11 Å². The fourth-order valence-electron chi connectivity index (χ4n) is 1.30. The quantitative estimate of drug-likeness (QED) is 0.628. The molecule has 1 aromatic carbocycles. The first-order chi connectivity index (χ1) is 5.77. The molecule has 0 unspecified atom stereocenters. The molecule has 0 radical (unpaired) electrons. The number of nitrogens with zero attached hydrogens (tertiary/aromatic N) is 2. The third-order valence-electron chi connectivity index (χ3n) is 1.96. The maximum atomic E-state index is 9.18. The second kappa shape index (κ2) is 2.52. The Balaban J connectivity index is 2.55. The van der Waals surface area contributed by atoms with E-state index in [4.69, 9.17) is 0 Å². The lowest BCUT2D eigenvalue weighted by Crippen LogP contribution is -2.21. The Bertz CT molecular complexity index is 333. The van der Waals surface area contributed by atoms with Crippen LogP contribution in [0, 0.1) is 0 Å². The molecule has 12 heavy (non-hydrogen) atoms. The first-order valence-electron chi connectivity index (χ1n) is 3.84. The van der Waals surface area contributed by atoms with Crippen molar-refractivity contribution >= 4 is 17.6 Å². The maximum Gasteiger partial charge on any atom is 0.117 e. The fourth-order valence-corrected chi connectivity index (χ4v) is 1.30. The Morgan fingerprint density at radius 2 is 2.33 bits per heavy atom. The van der Waals surface area contributed by atoms with Crippen molar-refractivity contribution in [1.29, 1.82) is 0 Å².